The van der Waals surface area contributed by atoms with Crippen molar-refractivity contribution in [3.63, 3.8) is 0 Å². The number of rotatable bonds is 3. The summed E-state index contributed by atoms with van der Waals surface area (Å²) in [5.74, 6) is 1.42. The maximum atomic E-state index is 13.0. The van der Waals surface area contributed by atoms with E-state index in [2.05, 4.69) is 15.9 Å². The Morgan fingerprint density at radius 1 is 1.29 bits per heavy atom. The summed E-state index contributed by atoms with van der Waals surface area (Å²) in [6.45, 7) is 3.24. The molecule has 2 atom stereocenters. The van der Waals surface area contributed by atoms with Gasteiger partial charge in [0, 0.05) is 23.4 Å². The number of hydrogen-bond donors (Lipinski definition) is 0. The highest BCUT2D eigenvalue weighted by Gasteiger charge is 2.42. The lowest BCUT2D eigenvalue weighted by atomic mass is 10.0. The van der Waals surface area contributed by atoms with Crippen LogP contribution >= 0.6 is 27.5 Å². The molecule has 0 amide bonds. The Morgan fingerprint density at radius 3 is 2.48 bits per heavy atom. The van der Waals surface area contributed by atoms with Crippen LogP contribution in [0.15, 0.2) is 21.5 Å². The van der Waals surface area contributed by atoms with E-state index < -0.39 is 10.0 Å². The van der Waals surface area contributed by atoms with E-state index in [0.29, 0.717) is 40.2 Å². The number of alkyl halides is 1. The molecule has 116 valence electrons. The van der Waals surface area contributed by atoms with Crippen LogP contribution in [0.3, 0.4) is 0 Å². The van der Waals surface area contributed by atoms with Gasteiger partial charge in [-0.2, -0.15) is 4.31 Å². The third-order valence-electron chi connectivity index (χ3n) is 4.75. The van der Waals surface area contributed by atoms with Crippen molar-refractivity contribution >= 4 is 37.6 Å². The molecule has 2 aliphatic rings. The van der Waals surface area contributed by atoms with Crippen LogP contribution in [0, 0.1) is 18.8 Å². The molecule has 1 saturated heterocycles. The monoisotopic (exact) mass is 391 g/mol. The average molecular weight is 393 g/mol. The predicted molar refractivity (Wildman–Crippen MR) is 88.0 cm³/mol. The van der Waals surface area contributed by atoms with E-state index in [-0.39, 0.29) is 0 Å². The number of halogens is 2. The topological polar surface area (TPSA) is 37.4 Å². The normalized spacial score (nSPS) is 26.2. The first kappa shape index (κ1) is 15.8. The van der Waals surface area contributed by atoms with Crippen LogP contribution in [0.4, 0.5) is 0 Å². The van der Waals surface area contributed by atoms with Gasteiger partial charge in [-0.25, -0.2) is 8.42 Å². The summed E-state index contributed by atoms with van der Waals surface area (Å²) < 4.78 is 28.2. The standard InChI is InChI=1S/C15H19BrClNO2S/c1-10-5-11(7-17)6-14(15(10)16)21(19,20)18-8-12-3-2-4-13(12)9-18/h5-6,12-13H,2-4,7-9H2,1H3. The van der Waals surface area contributed by atoms with E-state index in [1.54, 1.807) is 10.4 Å². The molecule has 0 aromatic heterocycles. The molecular weight excluding hydrogens is 374 g/mol. The van der Waals surface area contributed by atoms with Gasteiger partial charge in [0.1, 0.15) is 0 Å². The number of fused-ring (bicyclic) bond motifs is 1. The van der Waals surface area contributed by atoms with Gasteiger partial charge in [0.15, 0.2) is 0 Å². The first-order valence-corrected chi connectivity index (χ1v) is 10.1. The van der Waals surface area contributed by atoms with Gasteiger partial charge in [0.25, 0.3) is 0 Å². The van der Waals surface area contributed by atoms with Crippen LogP contribution in [0.5, 0.6) is 0 Å². The molecule has 2 unspecified atom stereocenters. The lowest BCUT2D eigenvalue weighted by Gasteiger charge is -2.19. The van der Waals surface area contributed by atoms with E-state index in [1.807, 2.05) is 13.0 Å². The molecular formula is C15H19BrClNO2S. The summed E-state index contributed by atoms with van der Waals surface area (Å²) in [6, 6.07) is 3.63. The smallest absolute Gasteiger partial charge is 0.207 e. The van der Waals surface area contributed by atoms with Crippen molar-refractivity contribution in [3.8, 4) is 0 Å². The van der Waals surface area contributed by atoms with E-state index in [4.69, 9.17) is 11.6 Å². The zero-order valence-corrected chi connectivity index (χ0v) is 15.1. The fourth-order valence-electron chi connectivity index (χ4n) is 3.60. The highest BCUT2D eigenvalue weighted by molar-refractivity contribution is 9.10. The minimum Gasteiger partial charge on any atom is -0.207 e. The van der Waals surface area contributed by atoms with Crippen LogP contribution < -0.4 is 0 Å². The van der Waals surface area contributed by atoms with E-state index in [9.17, 15) is 8.42 Å². The predicted octanol–water partition coefficient (Wildman–Crippen LogP) is 3.92. The zero-order valence-electron chi connectivity index (χ0n) is 12.0. The van der Waals surface area contributed by atoms with Crippen molar-refractivity contribution in [1.29, 1.82) is 0 Å². The van der Waals surface area contributed by atoms with Gasteiger partial charge in [-0.3, -0.25) is 0 Å². The first-order valence-electron chi connectivity index (χ1n) is 7.28. The summed E-state index contributed by atoms with van der Waals surface area (Å²) in [5, 5.41) is 0. The van der Waals surface area contributed by atoms with Crippen LogP contribution in [0.25, 0.3) is 0 Å². The highest BCUT2D eigenvalue weighted by atomic mass is 79.9. The summed E-state index contributed by atoms with van der Waals surface area (Å²) in [7, 11) is -3.44. The molecule has 1 saturated carbocycles. The second-order valence-corrected chi connectivity index (χ2v) is 9.10. The fourth-order valence-corrected chi connectivity index (χ4v) is 6.34. The van der Waals surface area contributed by atoms with Crippen LogP contribution in [-0.4, -0.2) is 25.8 Å². The number of sulfonamides is 1. The molecule has 1 aromatic rings. The Bertz CT molecular complexity index is 650. The SMILES string of the molecule is Cc1cc(CCl)cc(S(=O)(=O)N2CC3CCCC3C2)c1Br. The molecule has 0 spiro atoms. The summed E-state index contributed by atoms with van der Waals surface area (Å²) in [6.07, 6.45) is 3.57. The Labute approximate surface area is 139 Å². The van der Waals surface area contributed by atoms with Crippen LogP contribution in [0.2, 0.25) is 0 Å². The molecule has 1 aliphatic heterocycles. The summed E-state index contributed by atoms with van der Waals surface area (Å²) in [4.78, 5) is 0.359. The zero-order chi connectivity index (χ0) is 15.2. The van der Waals surface area contributed by atoms with Crippen molar-refractivity contribution in [2.75, 3.05) is 13.1 Å². The molecule has 1 aliphatic carbocycles. The van der Waals surface area contributed by atoms with Gasteiger partial charge in [-0.1, -0.05) is 12.5 Å². The van der Waals surface area contributed by atoms with Crippen molar-refractivity contribution in [3.05, 3.63) is 27.7 Å². The van der Waals surface area contributed by atoms with Gasteiger partial charge in [-0.05, 0) is 64.7 Å². The third-order valence-corrected chi connectivity index (χ3v) is 8.23. The Morgan fingerprint density at radius 2 is 1.90 bits per heavy atom. The minimum absolute atomic E-state index is 0.321. The number of hydrogen-bond acceptors (Lipinski definition) is 2. The van der Waals surface area contributed by atoms with Gasteiger partial charge in [0.05, 0.1) is 4.90 Å². The minimum atomic E-state index is -3.44. The molecule has 0 bridgehead atoms. The highest BCUT2D eigenvalue weighted by Crippen LogP contribution is 2.41. The van der Waals surface area contributed by atoms with E-state index >= 15 is 0 Å². The maximum Gasteiger partial charge on any atom is 0.244 e. The summed E-state index contributed by atoms with van der Waals surface area (Å²) in [5.41, 5.74) is 1.75. The first-order chi connectivity index (χ1) is 9.93. The Hall–Kier alpha value is -0.100. The quantitative estimate of drug-likeness (QED) is 0.731. The van der Waals surface area contributed by atoms with Crippen molar-refractivity contribution in [1.82, 2.24) is 4.31 Å². The summed E-state index contributed by atoms with van der Waals surface area (Å²) >= 11 is 9.33. The number of aryl methyl sites for hydroxylation is 1. The molecule has 3 nitrogen and oxygen atoms in total. The third kappa shape index (κ3) is 2.78. The Kier molecular flexibility index (Phi) is 4.39. The molecule has 3 rings (SSSR count). The van der Waals surface area contributed by atoms with Crippen LogP contribution in [0.1, 0.15) is 30.4 Å². The van der Waals surface area contributed by atoms with Crippen molar-refractivity contribution in [2.45, 2.75) is 37.0 Å². The van der Waals surface area contributed by atoms with E-state index in [0.717, 1.165) is 11.1 Å². The van der Waals surface area contributed by atoms with Gasteiger partial charge in [-0.15, -0.1) is 11.6 Å². The molecule has 2 fully saturated rings. The second-order valence-electron chi connectivity index (χ2n) is 6.13. The lowest BCUT2D eigenvalue weighted by Crippen LogP contribution is -2.30. The molecule has 21 heavy (non-hydrogen) atoms. The molecule has 1 aromatic carbocycles. The second kappa shape index (κ2) is 5.84. The van der Waals surface area contributed by atoms with Crippen molar-refractivity contribution < 1.29 is 8.42 Å². The molecule has 1 heterocycles. The van der Waals surface area contributed by atoms with Gasteiger partial charge < -0.3 is 0 Å². The van der Waals surface area contributed by atoms with Gasteiger partial charge in [0.2, 0.25) is 10.0 Å². The van der Waals surface area contributed by atoms with E-state index in [1.165, 1.54) is 19.3 Å². The molecule has 0 N–H and O–H groups in total. The van der Waals surface area contributed by atoms with Gasteiger partial charge >= 0.3 is 0 Å². The average Bonchev–Trinajstić information content (AvgIpc) is 3.02. The molecule has 0 radical (unpaired) electrons. The largest absolute Gasteiger partial charge is 0.244 e. The lowest BCUT2D eigenvalue weighted by molar-refractivity contribution is 0.445. The number of nitrogens with zero attached hydrogens (tertiary/aromatic N) is 1. The molecule has 6 heteroatoms. The maximum absolute atomic E-state index is 13.0. The Balaban J connectivity index is 1.97. The van der Waals surface area contributed by atoms with Crippen molar-refractivity contribution in [2.24, 2.45) is 11.8 Å². The number of benzene rings is 1. The fraction of sp³-hybridized carbons (Fsp3) is 0.600. The van der Waals surface area contributed by atoms with Crippen LogP contribution in [-0.2, 0) is 15.9 Å².